The number of carbonyl (C=O) groups is 3. The lowest BCUT2D eigenvalue weighted by Crippen LogP contribution is -2.58. The molecule has 2 amide bonds. The van der Waals surface area contributed by atoms with Crippen LogP contribution in [0.25, 0.3) is 0 Å². The zero-order valence-electron chi connectivity index (χ0n) is 23.1. The Balaban J connectivity index is 1.76. The number of carbonyl (C=O) groups excluding carboxylic acids is 3. The molecular weight excluding hydrogens is 488 g/mol. The Morgan fingerprint density at radius 2 is 1.84 bits per heavy atom. The molecule has 0 aromatic carbocycles. The fourth-order valence-electron chi connectivity index (χ4n) is 7.00. The summed E-state index contributed by atoms with van der Waals surface area (Å²) in [5.41, 5.74) is -0.382. The molecule has 2 saturated heterocycles. The molecule has 37 heavy (non-hydrogen) atoms. The first-order valence-electron chi connectivity index (χ1n) is 13.8. The van der Waals surface area contributed by atoms with Gasteiger partial charge in [-0.05, 0) is 57.8 Å². The number of likely N-dealkylation sites (tertiary alicyclic amines) is 1. The van der Waals surface area contributed by atoms with Crippen molar-refractivity contribution in [1.82, 2.24) is 9.80 Å². The van der Waals surface area contributed by atoms with E-state index in [1.807, 2.05) is 11.0 Å². The minimum absolute atomic E-state index is 0.0239. The zero-order chi connectivity index (χ0) is 27.0. The molecule has 0 aromatic heterocycles. The number of amides is 2. The monoisotopic (exact) mass is 532 g/mol. The molecule has 0 bridgehead atoms. The fourth-order valence-corrected chi connectivity index (χ4v) is 9.00. The van der Waals surface area contributed by atoms with Crippen molar-refractivity contribution in [2.45, 2.75) is 94.7 Å². The maximum Gasteiger partial charge on any atom is 0.311 e. The van der Waals surface area contributed by atoms with E-state index in [0.29, 0.717) is 32.5 Å². The van der Waals surface area contributed by atoms with Gasteiger partial charge in [0.2, 0.25) is 11.8 Å². The highest BCUT2D eigenvalue weighted by Gasteiger charge is 2.71. The summed E-state index contributed by atoms with van der Waals surface area (Å²) in [5, 5.41) is 9.04. The molecule has 4 heterocycles. The van der Waals surface area contributed by atoms with Crippen LogP contribution >= 0.6 is 11.8 Å². The van der Waals surface area contributed by atoms with Crippen LogP contribution < -0.4 is 0 Å². The minimum atomic E-state index is -0.810. The van der Waals surface area contributed by atoms with E-state index in [1.165, 1.54) is 0 Å². The number of esters is 1. The molecular formula is C29H44N2O5S. The highest BCUT2D eigenvalue weighted by Crippen LogP contribution is 2.61. The molecule has 7 nitrogen and oxygen atoms in total. The third-order valence-corrected chi connectivity index (χ3v) is 9.85. The number of fused-ring (bicyclic) bond motifs is 2. The minimum Gasteiger partial charge on any atom is -0.465 e. The van der Waals surface area contributed by atoms with Crippen molar-refractivity contribution in [3.63, 3.8) is 0 Å². The first-order chi connectivity index (χ1) is 17.4. The van der Waals surface area contributed by atoms with Crippen molar-refractivity contribution >= 4 is 29.5 Å². The Labute approximate surface area is 226 Å². The smallest absolute Gasteiger partial charge is 0.311 e. The Bertz CT molecular complexity index is 954. The van der Waals surface area contributed by atoms with Gasteiger partial charge < -0.3 is 19.6 Å². The first kappa shape index (κ1) is 28.2. The summed E-state index contributed by atoms with van der Waals surface area (Å²) in [6.07, 6.45) is 12.8. The predicted octanol–water partition coefficient (Wildman–Crippen LogP) is 3.95. The fraction of sp³-hybridized carbons (Fsp3) is 0.759. The average molecular weight is 533 g/mol. The first-order valence-corrected chi connectivity index (χ1v) is 14.7. The Morgan fingerprint density at radius 3 is 2.54 bits per heavy atom. The average Bonchev–Trinajstić information content (AvgIpc) is 3.19. The summed E-state index contributed by atoms with van der Waals surface area (Å²) in [6, 6.07) is -0.668. The van der Waals surface area contributed by atoms with Crippen molar-refractivity contribution in [2.75, 3.05) is 26.3 Å². The number of aliphatic hydroxyl groups is 1. The standard InChI is InChI=1S/C29H44N2O5S/c1-27(2,3)19-28(4,5)31-16-12-14-29-22(21-20(37-29)13-8-6-11-18-36-26(21)35)24(33)30(23(29)25(31)34)15-9-7-10-17-32/h8,12-14,20-23,32H,6-7,9-11,15-19H2,1-5H3/b13-8-/t20-,21+,22-,23?,29-/m0/s1. The second-order valence-corrected chi connectivity index (χ2v) is 14.3. The van der Waals surface area contributed by atoms with Gasteiger partial charge in [-0.2, -0.15) is 0 Å². The molecule has 8 heteroatoms. The van der Waals surface area contributed by atoms with Gasteiger partial charge in [0.15, 0.2) is 0 Å². The third-order valence-electron chi connectivity index (χ3n) is 8.10. The van der Waals surface area contributed by atoms with Gasteiger partial charge in [0, 0.05) is 30.5 Å². The van der Waals surface area contributed by atoms with Crippen molar-refractivity contribution in [1.29, 1.82) is 0 Å². The van der Waals surface area contributed by atoms with Gasteiger partial charge in [-0.1, -0.05) is 45.1 Å². The van der Waals surface area contributed by atoms with Crippen LogP contribution in [0.2, 0.25) is 0 Å². The number of thioether (sulfide) groups is 1. The Hall–Kier alpha value is -1.80. The van der Waals surface area contributed by atoms with Gasteiger partial charge in [0.25, 0.3) is 0 Å². The van der Waals surface area contributed by atoms with Gasteiger partial charge in [0.1, 0.15) is 6.04 Å². The van der Waals surface area contributed by atoms with Crippen LogP contribution in [0.1, 0.15) is 73.1 Å². The number of allylic oxidation sites excluding steroid dienone is 1. The molecule has 206 valence electrons. The highest BCUT2D eigenvalue weighted by atomic mass is 32.2. The van der Waals surface area contributed by atoms with E-state index in [4.69, 9.17) is 4.74 Å². The lowest BCUT2D eigenvalue weighted by atomic mass is 9.78. The van der Waals surface area contributed by atoms with Crippen LogP contribution in [0.15, 0.2) is 24.3 Å². The summed E-state index contributed by atoms with van der Waals surface area (Å²) in [6.45, 7) is 12.2. The molecule has 1 N–H and O–H groups in total. The second-order valence-electron chi connectivity index (χ2n) is 12.8. The summed E-state index contributed by atoms with van der Waals surface area (Å²) in [7, 11) is 0. The van der Waals surface area contributed by atoms with E-state index >= 15 is 0 Å². The van der Waals surface area contributed by atoms with Crippen molar-refractivity contribution in [3.05, 3.63) is 24.3 Å². The summed E-state index contributed by atoms with van der Waals surface area (Å²) in [5.74, 6) is -1.72. The Morgan fingerprint density at radius 1 is 1.08 bits per heavy atom. The van der Waals surface area contributed by atoms with Crippen LogP contribution in [0, 0.1) is 17.3 Å². The van der Waals surface area contributed by atoms with Crippen LogP contribution in [0.4, 0.5) is 0 Å². The second kappa shape index (κ2) is 10.8. The van der Waals surface area contributed by atoms with Crippen LogP contribution in [0.3, 0.4) is 0 Å². The lowest BCUT2D eigenvalue weighted by molar-refractivity contribution is -0.153. The van der Waals surface area contributed by atoms with Crippen molar-refractivity contribution in [2.24, 2.45) is 17.3 Å². The maximum absolute atomic E-state index is 14.5. The molecule has 4 aliphatic rings. The highest BCUT2D eigenvalue weighted by molar-refractivity contribution is 8.02. The van der Waals surface area contributed by atoms with Crippen molar-refractivity contribution in [3.8, 4) is 0 Å². The number of aliphatic hydroxyl groups excluding tert-OH is 1. The van der Waals surface area contributed by atoms with Gasteiger partial charge in [-0.25, -0.2) is 0 Å². The summed E-state index contributed by atoms with van der Waals surface area (Å²) in [4.78, 5) is 45.7. The van der Waals surface area contributed by atoms with E-state index in [1.54, 1.807) is 16.7 Å². The van der Waals surface area contributed by atoms with Gasteiger partial charge in [-0.3, -0.25) is 14.4 Å². The largest absolute Gasteiger partial charge is 0.465 e. The van der Waals surface area contributed by atoms with Crippen LogP contribution in [0.5, 0.6) is 0 Å². The molecule has 4 rings (SSSR count). The van der Waals surface area contributed by atoms with Gasteiger partial charge >= 0.3 is 5.97 Å². The number of hydrogen-bond donors (Lipinski definition) is 1. The van der Waals surface area contributed by atoms with E-state index in [0.717, 1.165) is 25.7 Å². The third kappa shape index (κ3) is 5.38. The molecule has 5 atom stereocenters. The molecule has 1 spiro atoms. The molecule has 4 aliphatic heterocycles. The number of unbranched alkanes of at least 4 members (excludes halogenated alkanes) is 2. The number of hydrogen-bond acceptors (Lipinski definition) is 6. The molecule has 0 aliphatic carbocycles. The lowest BCUT2D eigenvalue weighted by Gasteiger charge is -2.44. The van der Waals surface area contributed by atoms with E-state index in [9.17, 15) is 19.5 Å². The molecule has 1 unspecified atom stereocenters. The quantitative estimate of drug-likeness (QED) is 0.304. The summed E-state index contributed by atoms with van der Waals surface area (Å²) < 4.78 is 4.83. The molecule has 0 saturated carbocycles. The topological polar surface area (TPSA) is 87.2 Å². The van der Waals surface area contributed by atoms with Crippen LogP contribution in [-0.4, -0.2) is 80.6 Å². The van der Waals surface area contributed by atoms with Gasteiger partial charge in [0.05, 0.1) is 23.2 Å². The molecule has 2 fully saturated rings. The number of cyclic esters (lactones) is 1. The number of nitrogens with zero attached hydrogens (tertiary/aromatic N) is 2. The Kier molecular flexibility index (Phi) is 8.20. The zero-order valence-corrected chi connectivity index (χ0v) is 23.9. The van der Waals surface area contributed by atoms with Gasteiger partial charge in [-0.15, -0.1) is 11.8 Å². The van der Waals surface area contributed by atoms with E-state index in [2.05, 4.69) is 52.8 Å². The molecule has 0 radical (unpaired) electrons. The number of ether oxygens (including phenoxy) is 1. The van der Waals surface area contributed by atoms with Crippen LogP contribution in [-0.2, 0) is 19.1 Å². The van der Waals surface area contributed by atoms with E-state index < -0.39 is 28.2 Å². The SMILES string of the molecule is CC(C)(C)CC(C)(C)N1CC=C[C@]23S[C@H]4/C=C\CCCOC(=O)[C@H]4[C@H]2C(=O)N(CCCCCO)C3C1=O. The number of rotatable bonds is 7. The predicted molar refractivity (Wildman–Crippen MR) is 146 cm³/mol. The molecule has 0 aromatic rings. The normalized spacial score (nSPS) is 33.2. The van der Waals surface area contributed by atoms with E-state index in [-0.39, 0.29) is 35.1 Å². The summed E-state index contributed by atoms with van der Waals surface area (Å²) >= 11 is 1.60. The van der Waals surface area contributed by atoms with Crippen molar-refractivity contribution < 1.29 is 24.2 Å². The maximum atomic E-state index is 14.5.